The summed E-state index contributed by atoms with van der Waals surface area (Å²) in [6.07, 6.45) is -0.555. The summed E-state index contributed by atoms with van der Waals surface area (Å²) in [7, 11) is -4.02. The number of carbonyl (C=O) groups excluding carboxylic acids is 2. The minimum Gasteiger partial charge on any atom is -0.504 e. The molecule has 0 aliphatic rings. The highest BCUT2D eigenvalue weighted by Gasteiger charge is 2.26. The number of rotatable bonds is 7. The summed E-state index contributed by atoms with van der Waals surface area (Å²) in [4.78, 5) is 28.1. The zero-order valence-corrected chi connectivity index (χ0v) is 17.3. The lowest BCUT2D eigenvalue weighted by Crippen LogP contribution is -2.11. The third kappa shape index (κ3) is 4.25. The molecule has 31 heavy (non-hydrogen) atoms. The molecule has 0 amide bonds. The summed E-state index contributed by atoms with van der Waals surface area (Å²) in [6.45, 7) is 1.79. The lowest BCUT2D eigenvalue weighted by atomic mass is 10.0. The van der Waals surface area contributed by atoms with Crippen LogP contribution < -0.4 is 0 Å². The summed E-state index contributed by atoms with van der Waals surface area (Å²) >= 11 is 0. The van der Waals surface area contributed by atoms with Gasteiger partial charge in [-0.15, -0.1) is 0 Å². The van der Waals surface area contributed by atoms with Gasteiger partial charge in [0.1, 0.15) is 17.3 Å². The van der Waals surface area contributed by atoms with Crippen LogP contribution in [0.4, 0.5) is 0 Å². The van der Waals surface area contributed by atoms with Crippen LogP contribution in [0.5, 0.6) is 5.75 Å². The number of esters is 1. The predicted molar refractivity (Wildman–Crippen MR) is 110 cm³/mol. The van der Waals surface area contributed by atoms with E-state index in [0.717, 1.165) is 0 Å². The molecule has 0 fully saturated rings. The molecule has 0 unspecified atom stereocenters. The van der Waals surface area contributed by atoms with Gasteiger partial charge in [0, 0.05) is 11.8 Å². The fourth-order valence-corrected chi connectivity index (χ4v) is 4.51. The van der Waals surface area contributed by atoms with E-state index < -0.39 is 33.0 Å². The van der Waals surface area contributed by atoms with E-state index in [1.54, 1.807) is 25.1 Å². The Morgan fingerprint density at radius 1 is 1.10 bits per heavy atom. The number of aromatic nitrogens is 1. The Kier molecular flexibility index (Phi) is 6.32. The van der Waals surface area contributed by atoms with Gasteiger partial charge < -0.3 is 9.84 Å². The molecule has 1 heterocycles. The number of nitrogens with zero attached hydrogens (tertiary/aromatic N) is 2. The van der Waals surface area contributed by atoms with Gasteiger partial charge in [0.15, 0.2) is 11.5 Å². The molecule has 0 aliphatic carbocycles. The van der Waals surface area contributed by atoms with Crippen molar-refractivity contribution in [1.82, 2.24) is 4.98 Å². The molecular weight excluding hydrogens is 420 g/mol. The number of benzene rings is 2. The average Bonchev–Trinajstić information content (AvgIpc) is 2.77. The quantitative estimate of drug-likeness (QED) is 0.439. The number of ketones is 1. The summed E-state index contributed by atoms with van der Waals surface area (Å²) in [5.41, 5.74) is -0.848. The summed E-state index contributed by atoms with van der Waals surface area (Å²) < 4.78 is 31.1. The van der Waals surface area contributed by atoms with Crippen LogP contribution in [0.1, 0.15) is 35.8 Å². The average molecular weight is 438 g/mol. The molecule has 0 saturated heterocycles. The number of hydrogen-bond donors (Lipinski definition) is 1. The second-order valence-electron chi connectivity index (χ2n) is 6.49. The molecule has 0 spiro atoms. The van der Waals surface area contributed by atoms with Crippen molar-refractivity contribution in [3.63, 3.8) is 0 Å². The van der Waals surface area contributed by atoms with Crippen molar-refractivity contribution >= 4 is 32.5 Å². The van der Waals surface area contributed by atoms with Gasteiger partial charge in [0.2, 0.25) is 9.84 Å². The summed E-state index contributed by atoms with van der Waals surface area (Å²) in [5, 5.41) is 20.1. The summed E-state index contributed by atoms with van der Waals surface area (Å²) in [6, 6.07) is 13.7. The normalized spacial score (nSPS) is 11.1. The first-order valence-corrected chi connectivity index (χ1v) is 10.8. The number of ether oxygens (including phenoxy) is 1. The van der Waals surface area contributed by atoms with Crippen molar-refractivity contribution in [2.24, 2.45) is 0 Å². The van der Waals surface area contributed by atoms with Crippen molar-refractivity contribution in [3.8, 4) is 11.8 Å². The number of fused-ring (bicyclic) bond motifs is 1. The number of pyridine rings is 1. The van der Waals surface area contributed by atoms with Gasteiger partial charge in [-0.2, -0.15) is 5.26 Å². The Bertz CT molecular complexity index is 1310. The van der Waals surface area contributed by atoms with Gasteiger partial charge in [-0.05, 0) is 25.1 Å². The summed E-state index contributed by atoms with van der Waals surface area (Å²) in [5.74, 6) is -1.96. The number of aromatic hydroxyl groups is 1. The lowest BCUT2D eigenvalue weighted by Gasteiger charge is -2.12. The SMILES string of the molecule is CCOC(=O)CCC(=O)c1nc2c(S(=O)(=O)c3ccccc3)cccc2c(C#N)c1O. The Hall–Kier alpha value is -3.77. The van der Waals surface area contributed by atoms with E-state index in [2.05, 4.69) is 4.98 Å². The molecule has 0 bridgehead atoms. The van der Waals surface area contributed by atoms with E-state index >= 15 is 0 Å². The minimum absolute atomic E-state index is 0.0195. The fraction of sp³-hybridized carbons (Fsp3) is 0.182. The molecule has 0 aliphatic heterocycles. The number of hydrogen-bond acceptors (Lipinski definition) is 8. The molecule has 0 atom stereocenters. The maximum absolute atomic E-state index is 13.2. The number of nitriles is 1. The van der Waals surface area contributed by atoms with Crippen LogP contribution >= 0.6 is 0 Å². The van der Waals surface area contributed by atoms with E-state index in [1.807, 2.05) is 6.07 Å². The number of para-hydroxylation sites is 1. The van der Waals surface area contributed by atoms with Crippen LogP contribution in [0.2, 0.25) is 0 Å². The van der Waals surface area contributed by atoms with Crippen LogP contribution in [0.25, 0.3) is 10.9 Å². The maximum Gasteiger partial charge on any atom is 0.306 e. The van der Waals surface area contributed by atoms with E-state index in [9.17, 15) is 28.4 Å². The third-order valence-corrected chi connectivity index (χ3v) is 6.33. The molecular formula is C22H18N2O6S. The van der Waals surface area contributed by atoms with E-state index in [4.69, 9.17) is 4.74 Å². The molecule has 9 heteroatoms. The van der Waals surface area contributed by atoms with Crippen molar-refractivity contribution in [3.05, 3.63) is 59.8 Å². The largest absolute Gasteiger partial charge is 0.504 e. The lowest BCUT2D eigenvalue weighted by molar-refractivity contribution is -0.143. The van der Waals surface area contributed by atoms with E-state index in [0.29, 0.717) is 0 Å². The Morgan fingerprint density at radius 2 is 1.81 bits per heavy atom. The number of Topliss-reactive ketones (excluding diaryl/α,β-unsaturated/α-hetero) is 1. The zero-order valence-electron chi connectivity index (χ0n) is 16.5. The number of carbonyl (C=O) groups is 2. The van der Waals surface area contributed by atoms with Crippen LogP contribution in [0.15, 0.2) is 58.3 Å². The van der Waals surface area contributed by atoms with E-state index in [-0.39, 0.29) is 45.7 Å². The van der Waals surface area contributed by atoms with Crippen LogP contribution in [0, 0.1) is 11.3 Å². The maximum atomic E-state index is 13.2. The second-order valence-corrected chi connectivity index (χ2v) is 8.41. The topological polar surface area (TPSA) is 134 Å². The molecule has 1 aromatic heterocycles. The van der Waals surface area contributed by atoms with E-state index in [1.165, 1.54) is 30.3 Å². The molecule has 8 nitrogen and oxygen atoms in total. The van der Waals surface area contributed by atoms with Crippen LogP contribution in [0.3, 0.4) is 0 Å². The highest BCUT2D eigenvalue weighted by atomic mass is 32.2. The molecule has 2 aromatic carbocycles. The molecule has 3 rings (SSSR count). The first-order chi connectivity index (χ1) is 14.8. The van der Waals surface area contributed by atoms with Gasteiger partial charge in [-0.3, -0.25) is 9.59 Å². The van der Waals surface area contributed by atoms with Crippen molar-refractivity contribution < 1.29 is 27.9 Å². The minimum atomic E-state index is -4.02. The predicted octanol–water partition coefficient (Wildman–Crippen LogP) is 3.17. The van der Waals surface area contributed by atoms with Crippen molar-refractivity contribution in [2.45, 2.75) is 29.6 Å². The Morgan fingerprint density at radius 3 is 2.45 bits per heavy atom. The molecule has 1 N–H and O–H groups in total. The molecule has 3 aromatic rings. The van der Waals surface area contributed by atoms with Gasteiger partial charge in [-0.1, -0.05) is 30.3 Å². The Balaban J connectivity index is 2.18. The molecule has 158 valence electrons. The first-order valence-electron chi connectivity index (χ1n) is 9.36. The van der Waals surface area contributed by atoms with Crippen molar-refractivity contribution in [1.29, 1.82) is 5.26 Å². The first kappa shape index (κ1) is 21.9. The van der Waals surface area contributed by atoms with Crippen LogP contribution in [-0.4, -0.2) is 36.9 Å². The highest BCUT2D eigenvalue weighted by Crippen LogP contribution is 2.34. The highest BCUT2D eigenvalue weighted by molar-refractivity contribution is 7.91. The van der Waals surface area contributed by atoms with Gasteiger partial charge >= 0.3 is 5.97 Å². The van der Waals surface area contributed by atoms with Crippen molar-refractivity contribution in [2.75, 3.05) is 6.61 Å². The zero-order chi connectivity index (χ0) is 22.6. The standard InChI is InChI=1S/C22H18N2O6S/c1-2-30-19(26)12-11-17(25)21-22(27)16(13-23)15-9-6-10-18(20(15)24-21)31(28,29)14-7-4-3-5-8-14/h3-10,27H,2,11-12H2,1H3. The third-order valence-electron chi connectivity index (χ3n) is 4.53. The Labute approximate surface area is 178 Å². The molecule has 0 saturated carbocycles. The van der Waals surface area contributed by atoms with Gasteiger partial charge in [0.05, 0.1) is 28.3 Å². The van der Waals surface area contributed by atoms with Crippen LogP contribution in [-0.2, 0) is 19.4 Å². The number of sulfone groups is 1. The second kappa shape index (κ2) is 8.93. The van der Waals surface area contributed by atoms with Gasteiger partial charge in [-0.25, -0.2) is 13.4 Å². The smallest absolute Gasteiger partial charge is 0.306 e. The van der Waals surface area contributed by atoms with Gasteiger partial charge in [0.25, 0.3) is 0 Å². The monoisotopic (exact) mass is 438 g/mol. The molecule has 0 radical (unpaired) electrons. The fourth-order valence-electron chi connectivity index (χ4n) is 3.07.